The van der Waals surface area contributed by atoms with Gasteiger partial charge in [-0.05, 0) is 54.9 Å². The minimum Gasteiger partial charge on any atom is -0.507 e. The highest BCUT2D eigenvalue weighted by Gasteiger charge is 2.35. The third kappa shape index (κ3) is 2.88. The monoisotopic (exact) mass is 400 g/mol. The van der Waals surface area contributed by atoms with E-state index in [9.17, 15) is 5.11 Å². The molecular weight excluding hydrogens is 376 g/mol. The number of nitrogens with zero attached hydrogens (tertiary/aromatic N) is 6. The lowest BCUT2D eigenvalue weighted by molar-refractivity contribution is 0.265. The average Bonchev–Trinajstić information content (AvgIpc) is 3.45. The molecule has 2 aliphatic rings. The summed E-state index contributed by atoms with van der Waals surface area (Å²) in [7, 11) is 1.87. The first-order chi connectivity index (χ1) is 14.6. The summed E-state index contributed by atoms with van der Waals surface area (Å²) >= 11 is 0. The molecule has 3 atom stereocenters. The second kappa shape index (κ2) is 6.65. The normalized spacial score (nSPS) is 23.3. The molecule has 1 N–H and O–H groups in total. The first kappa shape index (κ1) is 17.6. The van der Waals surface area contributed by atoms with E-state index >= 15 is 0 Å². The summed E-state index contributed by atoms with van der Waals surface area (Å²) in [5.74, 6) is 1.88. The molecule has 2 fully saturated rings. The average molecular weight is 400 g/mol. The topological polar surface area (TPSA) is 81.7 Å². The molecule has 3 aromatic heterocycles. The highest BCUT2D eigenvalue weighted by atomic mass is 16.3. The second-order valence-electron chi connectivity index (χ2n) is 8.90. The number of phenols is 1. The minimum atomic E-state index is 0.174. The zero-order valence-corrected chi connectivity index (χ0v) is 16.9. The second-order valence-corrected chi connectivity index (χ2v) is 8.90. The van der Waals surface area contributed by atoms with Crippen LogP contribution in [0.25, 0.3) is 33.5 Å². The molecular formula is C23H24N6O. The van der Waals surface area contributed by atoms with Crippen molar-refractivity contribution in [3.05, 3.63) is 43.0 Å². The molecule has 2 unspecified atom stereocenters. The molecule has 0 saturated heterocycles. The fraction of sp³-hybridized carbons (Fsp3) is 0.391. The Kier molecular flexibility index (Phi) is 3.91. The number of hydrogen-bond donors (Lipinski definition) is 1. The van der Waals surface area contributed by atoms with Gasteiger partial charge in [-0.2, -0.15) is 5.10 Å². The number of aromatic nitrogens is 6. The van der Waals surface area contributed by atoms with Crippen LogP contribution in [-0.4, -0.2) is 34.6 Å². The van der Waals surface area contributed by atoms with Crippen LogP contribution in [0.2, 0.25) is 0 Å². The van der Waals surface area contributed by atoms with Crippen LogP contribution in [0.15, 0.2) is 43.0 Å². The largest absolute Gasteiger partial charge is 0.507 e. The summed E-state index contributed by atoms with van der Waals surface area (Å²) in [6.07, 6.45) is 12.2. The zero-order valence-electron chi connectivity index (χ0n) is 16.9. The summed E-state index contributed by atoms with van der Waals surface area (Å²) in [6, 6.07) is 8.00. The quantitative estimate of drug-likeness (QED) is 0.553. The number of aromatic hydroxyl groups is 1. The molecule has 0 aliphatic heterocycles. The molecule has 0 amide bonds. The van der Waals surface area contributed by atoms with Crippen LogP contribution in [0.3, 0.4) is 0 Å². The van der Waals surface area contributed by atoms with Crippen molar-refractivity contribution in [2.75, 3.05) is 0 Å². The lowest BCUT2D eigenvalue weighted by Crippen LogP contribution is -2.19. The Balaban J connectivity index is 1.33. The summed E-state index contributed by atoms with van der Waals surface area (Å²) < 4.78 is 3.97. The third-order valence-electron chi connectivity index (χ3n) is 6.89. The molecule has 4 aromatic rings. The summed E-state index contributed by atoms with van der Waals surface area (Å²) in [4.78, 5) is 4.62. The van der Waals surface area contributed by atoms with Gasteiger partial charge >= 0.3 is 0 Å². The van der Waals surface area contributed by atoms with Gasteiger partial charge in [0.05, 0.1) is 18.2 Å². The molecule has 1 aromatic carbocycles. The molecule has 7 nitrogen and oxygen atoms in total. The van der Waals surface area contributed by atoms with Crippen LogP contribution in [0, 0.1) is 11.8 Å². The molecule has 2 bridgehead atoms. The summed E-state index contributed by atoms with van der Waals surface area (Å²) in [5.41, 5.74) is 4.83. The number of imidazole rings is 1. The van der Waals surface area contributed by atoms with Crippen molar-refractivity contribution >= 4 is 11.2 Å². The molecule has 2 saturated carbocycles. The number of fused-ring (bicyclic) bond motifs is 3. The van der Waals surface area contributed by atoms with Gasteiger partial charge < -0.3 is 9.67 Å². The van der Waals surface area contributed by atoms with E-state index < -0.39 is 0 Å². The van der Waals surface area contributed by atoms with Gasteiger partial charge in [-0.3, -0.25) is 4.68 Å². The first-order valence-electron chi connectivity index (χ1n) is 10.7. The van der Waals surface area contributed by atoms with Gasteiger partial charge in [0.2, 0.25) is 0 Å². The number of phenolic OH excluding ortho intramolecular Hbond substituents is 1. The Bertz CT molecular complexity index is 1230. The molecule has 30 heavy (non-hydrogen) atoms. The van der Waals surface area contributed by atoms with E-state index in [1.807, 2.05) is 37.8 Å². The molecule has 2 aliphatic carbocycles. The van der Waals surface area contributed by atoms with Gasteiger partial charge in [0.15, 0.2) is 5.65 Å². The van der Waals surface area contributed by atoms with Crippen molar-refractivity contribution in [2.45, 2.75) is 38.1 Å². The van der Waals surface area contributed by atoms with E-state index in [1.54, 1.807) is 16.9 Å². The zero-order chi connectivity index (χ0) is 20.2. The highest BCUT2D eigenvalue weighted by molar-refractivity contribution is 5.79. The van der Waals surface area contributed by atoms with Crippen LogP contribution in [0.4, 0.5) is 0 Å². The molecule has 6 rings (SSSR count). The van der Waals surface area contributed by atoms with Crippen molar-refractivity contribution < 1.29 is 5.11 Å². The lowest BCUT2D eigenvalue weighted by atomic mass is 9.85. The van der Waals surface area contributed by atoms with Crippen LogP contribution in [0.5, 0.6) is 5.75 Å². The lowest BCUT2D eigenvalue weighted by Gasteiger charge is -2.28. The van der Waals surface area contributed by atoms with Gasteiger partial charge in [-0.25, -0.2) is 4.98 Å². The van der Waals surface area contributed by atoms with E-state index in [2.05, 4.69) is 24.8 Å². The Morgan fingerprint density at radius 2 is 1.83 bits per heavy atom. The molecule has 3 heterocycles. The fourth-order valence-corrected chi connectivity index (χ4v) is 5.43. The minimum absolute atomic E-state index is 0.174. The van der Waals surface area contributed by atoms with Gasteiger partial charge in [0, 0.05) is 30.4 Å². The van der Waals surface area contributed by atoms with Gasteiger partial charge in [-0.15, -0.1) is 10.2 Å². The van der Waals surface area contributed by atoms with Crippen LogP contribution >= 0.6 is 0 Å². The van der Waals surface area contributed by atoms with Crippen molar-refractivity contribution in [2.24, 2.45) is 18.9 Å². The number of aryl methyl sites for hydroxylation is 1. The van der Waals surface area contributed by atoms with Crippen molar-refractivity contribution in [3.8, 4) is 28.1 Å². The van der Waals surface area contributed by atoms with Crippen molar-refractivity contribution in [1.29, 1.82) is 0 Å². The van der Waals surface area contributed by atoms with Crippen molar-refractivity contribution in [3.63, 3.8) is 0 Å². The molecule has 0 spiro atoms. The molecule has 152 valence electrons. The number of rotatable bonds is 3. The Morgan fingerprint density at radius 1 is 1.00 bits per heavy atom. The van der Waals surface area contributed by atoms with Crippen LogP contribution < -0.4 is 0 Å². The molecule has 0 radical (unpaired) electrons. The number of hydrogen-bond acceptors (Lipinski definition) is 5. The Hall–Kier alpha value is -3.22. The van der Waals surface area contributed by atoms with E-state index in [0.29, 0.717) is 17.3 Å². The standard InChI is InChI=1S/C23H24N6O/c1-28-12-17(11-25-28)16-4-5-19(22(30)9-16)20-10-21-23(27-26-20)29(13-24-21)18-7-14-2-3-15(6-14)8-18/h4-5,9-15,18,30H,2-3,6-8H2,1H3/t14-,15?,18?/m0/s1. The van der Waals surface area contributed by atoms with Gasteiger partial charge in [0.1, 0.15) is 11.3 Å². The third-order valence-corrected chi connectivity index (χ3v) is 6.89. The van der Waals surface area contributed by atoms with E-state index in [1.165, 1.54) is 32.1 Å². The van der Waals surface area contributed by atoms with E-state index in [4.69, 9.17) is 0 Å². The van der Waals surface area contributed by atoms with Crippen molar-refractivity contribution in [1.82, 2.24) is 29.5 Å². The SMILES string of the molecule is Cn1cc(-c2ccc(-c3cc4ncn(C5CC6CC[C@@H](C6)C5)c4nn3)c(O)c2)cn1. The maximum atomic E-state index is 10.6. The van der Waals surface area contributed by atoms with Gasteiger partial charge in [-0.1, -0.05) is 18.9 Å². The predicted molar refractivity (Wildman–Crippen MR) is 114 cm³/mol. The Morgan fingerprint density at radius 3 is 2.57 bits per heavy atom. The fourth-order valence-electron chi connectivity index (χ4n) is 5.43. The Labute approximate surface area is 174 Å². The van der Waals surface area contributed by atoms with Crippen LogP contribution in [0.1, 0.15) is 38.1 Å². The molecule has 7 heteroatoms. The number of benzene rings is 1. The summed E-state index contributed by atoms with van der Waals surface area (Å²) in [6.45, 7) is 0. The van der Waals surface area contributed by atoms with E-state index in [-0.39, 0.29) is 5.75 Å². The van der Waals surface area contributed by atoms with Gasteiger partial charge in [0.25, 0.3) is 0 Å². The smallest absolute Gasteiger partial charge is 0.182 e. The van der Waals surface area contributed by atoms with E-state index in [0.717, 1.165) is 34.1 Å². The maximum absolute atomic E-state index is 10.6. The first-order valence-corrected chi connectivity index (χ1v) is 10.7. The predicted octanol–water partition coefficient (Wildman–Crippen LogP) is 4.35. The highest BCUT2D eigenvalue weighted by Crippen LogP contribution is 2.47. The summed E-state index contributed by atoms with van der Waals surface area (Å²) in [5, 5.41) is 23.8. The maximum Gasteiger partial charge on any atom is 0.182 e. The van der Waals surface area contributed by atoms with Crippen LogP contribution in [-0.2, 0) is 7.05 Å².